The van der Waals surface area contributed by atoms with Gasteiger partial charge < -0.3 is 10.6 Å². The van der Waals surface area contributed by atoms with Gasteiger partial charge in [0, 0.05) is 11.6 Å². The van der Waals surface area contributed by atoms with Crippen LogP contribution in [-0.2, 0) is 11.2 Å². The molecule has 2 aromatic rings. The van der Waals surface area contributed by atoms with Gasteiger partial charge >= 0.3 is 0 Å². The lowest BCUT2D eigenvalue weighted by Crippen LogP contribution is -2.47. The number of rotatable bonds is 8. The number of amides is 2. The minimum atomic E-state index is -0.602. The van der Waals surface area contributed by atoms with Crippen LogP contribution >= 0.6 is 23.2 Å². The molecule has 0 heterocycles. The second-order valence-electron chi connectivity index (χ2n) is 5.97. The van der Waals surface area contributed by atoms with Gasteiger partial charge in [-0.15, -0.1) is 0 Å². The smallest absolute Gasteiger partial charge is 0.253 e. The maximum Gasteiger partial charge on any atom is 0.253 e. The topological polar surface area (TPSA) is 58.2 Å². The van der Waals surface area contributed by atoms with Crippen LogP contribution < -0.4 is 10.6 Å². The Kier molecular flexibility index (Phi) is 7.95. The Morgan fingerprint density at radius 3 is 2.46 bits per heavy atom. The van der Waals surface area contributed by atoms with Crippen LogP contribution in [0, 0.1) is 0 Å². The molecule has 6 heteroatoms. The molecule has 0 aliphatic rings. The highest BCUT2D eigenvalue weighted by Gasteiger charge is 2.21. The van der Waals surface area contributed by atoms with Crippen molar-refractivity contribution in [1.29, 1.82) is 0 Å². The molecular formula is C20H22Cl2N2O2. The third-order valence-electron chi connectivity index (χ3n) is 3.93. The number of hydrogen-bond acceptors (Lipinski definition) is 2. The number of halogens is 2. The van der Waals surface area contributed by atoms with E-state index in [1.54, 1.807) is 12.1 Å². The summed E-state index contributed by atoms with van der Waals surface area (Å²) in [5.41, 5.74) is 1.45. The molecule has 0 bridgehead atoms. The molecule has 0 aromatic heterocycles. The maximum absolute atomic E-state index is 12.4. The lowest BCUT2D eigenvalue weighted by Gasteiger charge is -2.18. The Bertz CT molecular complexity index is 751. The first-order chi connectivity index (χ1) is 12.5. The molecule has 0 saturated carbocycles. The van der Waals surface area contributed by atoms with Gasteiger partial charge in [0.1, 0.15) is 6.04 Å². The highest BCUT2D eigenvalue weighted by atomic mass is 35.5. The minimum Gasteiger partial charge on any atom is -0.354 e. The molecular weight excluding hydrogens is 371 g/mol. The van der Waals surface area contributed by atoms with E-state index in [1.165, 1.54) is 6.07 Å². The van der Waals surface area contributed by atoms with E-state index in [-0.39, 0.29) is 16.8 Å². The Labute approximate surface area is 163 Å². The van der Waals surface area contributed by atoms with E-state index >= 15 is 0 Å². The van der Waals surface area contributed by atoms with Crippen molar-refractivity contribution in [2.24, 2.45) is 0 Å². The van der Waals surface area contributed by atoms with E-state index in [0.29, 0.717) is 23.6 Å². The molecule has 0 saturated heterocycles. The Hall–Kier alpha value is -2.04. The fraction of sp³-hybridized carbons (Fsp3) is 0.300. The van der Waals surface area contributed by atoms with Crippen molar-refractivity contribution >= 4 is 35.0 Å². The first-order valence-corrected chi connectivity index (χ1v) is 9.34. The van der Waals surface area contributed by atoms with Crippen molar-refractivity contribution in [3.63, 3.8) is 0 Å². The second-order valence-corrected chi connectivity index (χ2v) is 6.81. The van der Waals surface area contributed by atoms with Crippen LogP contribution in [-0.4, -0.2) is 24.4 Å². The molecule has 0 spiro atoms. The zero-order valence-corrected chi connectivity index (χ0v) is 16.1. The number of nitrogens with one attached hydrogen (secondary N) is 2. The highest BCUT2D eigenvalue weighted by molar-refractivity contribution is 6.36. The summed E-state index contributed by atoms with van der Waals surface area (Å²) in [4.78, 5) is 24.9. The van der Waals surface area contributed by atoms with Gasteiger partial charge in [-0.25, -0.2) is 0 Å². The van der Waals surface area contributed by atoms with Crippen LogP contribution in [0.1, 0.15) is 35.7 Å². The molecule has 4 nitrogen and oxygen atoms in total. The molecule has 1 atom stereocenters. The SMILES string of the molecule is CCCC(NC(=O)c1ccc(Cl)cc1Cl)C(=O)NCCc1ccccc1. The number of carbonyl (C=O) groups is 2. The van der Waals surface area contributed by atoms with E-state index in [2.05, 4.69) is 10.6 Å². The lowest BCUT2D eigenvalue weighted by molar-refractivity contribution is -0.123. The third kappa shape index (κ3) is 6.04. The first-order valence-electron chi connectivity index (χ1n) is 8.58. The third-order valence-corrected chi connectivity index (χ3v) is 4.48. The summed E-state index contributed by atoms with van der Waals surface area (Å²) in [5.74, 6) is -0.579. The fourth-order valence-electron chi connectivity index (χ4n) is 2.57. The van der Waals surface area contributed by atoms with Crippen molar-refractivity contribution in [3.05, 3.63) is 69.7 Å². The highest BCUT2D eigenvalue weighted by Crippen LogP contribution is 2.21. The summed E-state index contributed by atoms with van der Waals surface area (Å²) in [7, 11) is 0. The van der Waals surface area contributed by atoms with Gasteiger partial charge in [-0.3, -0.25) is 9.59 Å². The molecule has 26 heavy (non-hydrogen) atoms. The van der Waals surface area contributed by atoms with Crippen LogP contribution in [0.4, 0.5) is 0 Å². The summed E-state index contributed by atoms with van der Waals surface area (Å²) in [6.45, 7) is 2.48. The summed E-state index contributed by atoms with van der Waals surface area (Å²) in [6.07, 6.45) is 2.06. The van der Waals surface area contributed by atoms with Gasteiger partial charge in [0.25, 0.3) is 5.91 Å². The molecule has 0 radical (unpaired) electrons. The van der Waals surface area contributed by atoms with Crippen LogP contribution in [0.25, 0.3) is 0 Å². The number of benzene rings is 2. The van der Waals surface area contributed by atoms with Gasteiger partial charge in [-0.1, -0.05) is 66.9 Å². The molecule has 2 N–H and O–H groups in total. The van der Waals surface area contributed by atoms with E-state index in [0.717, 1.165) is 18.4 Å². The average Bonchev–Trinajstić information content (AvgIpc) is 2.62. The normalized spacial score (nSPS) is 11.7. The van der Waals surface area contributed by atoms with Gasteiger partial charge in [-0.2, -0.15) is 0 Å². The average molecular weight is 393 g/mol. The van der Waals surface area contributed by atoms with Crippen LogP contribution in [0.15, 0.2) is 48.5 Å². The Morgan fingerprint density at radius 2 is 1.81 bits per heavy atom. The van der Waals surface area contributed by atoms with Crippen LogP contribution in [0.2, 0.25) is 10.0 Å². The molecule has 1 unspecified atom stereocenters. The zero-order valence-electron chi connectivity index (χ0n) is 14.6. The van der Waals surface area contributed by atoms with Gasteiger partial charge in [0.15, 0.2) is 0 Å². The Morgan fingerprint density at radius 1 is 1.08 bits per heavy atom. The van der Waals surface area contributed by atoms with E-state index in [1.807, 2.05) is 37.3 Å². The quantitative estimate of drug-likeness (QED) is 0.705. The lowest BCUT2D eigenvalue weighted by atomic mass is 10.1. The van der Waals surface area contributed by atoms with Crippen LogP contribution in [0.3, 0.4) is 0 Å². The molecule has 0 aliphatic heterocycles. The van der Waals surface area contributed by atoms with Crippen molar-refractivity contribution in [2.45, 2.75) is 32.2 Å². The molecule has 2 amide bonds. The van der Waals surface area contributed by atoms with Crippen LogP contribution in [0.5, 0.6) is 0 Å². The monoisotopic (exact) mass is 392 g/mol. The fourth-order valence-corrected chi connectivity index (χ4v) is 3.06. The van der Waals surface area contributed by atoms with Crippen molar-refractivity contribution < 1.29 is 9.59 Å². The predicted octanol–water partition coefficient (Wildman–Crippen LogP) is 4.25. The zero-order chi connectivity index (χ0) is 18.9. The molecule has 138 valence electrons. The summed E-state index contributed by atoms with van der Waals surface area (Å²) >= 11 is 11.9. The standard InChI is InChI=1S/C20H22Cl2N2O2/c1-2-6-18(20(26)23-12-11-14-7-4-3-5-8-14)24-19(25)16-10-9-15(21)13-17(16)22/h3-5,7-10,13,18H,2,6,11-12H2,1H3,(H,23,26)(H,24,25). The summed E-state index contributed by atoms with van der Waals surface area (Å²) in [5, 5.41) is 6.37. The Balaban J connectivity index is 1.93. The maximum atomic E-state index is 12.4. The molecule has 0 aliphatic carbocycles. The predicted molar refractivity (Wildman–Crippen MR) is 106 cm³/mol. The van der Waals surface area contributed by atoms with Gasteiger partial charge in [0.2, 0.25) is 5.91 Å². The van der Waals surface area contributed by atoms with E-state index in [4.69, 9.17) is 23.2 Å². The van der Waals surface area contributed by atoms with Gasteiger partial charge in [0.05, 0.1) is 10.6 Å². The minimum absolute atomic E-state index is 0.193. The second kappa shape index (κ2) is 10.2. The van der Waals surface area contributed by atoms with Crippen molar-refractivity contribution in [1.82, 2.24) is 10.6 Å². The molecule has 2 aromatic carbocycles. The summed E-state index contributed by atoms with van der Waals surface area (Å²) in [6, 6.07) is 14.0. The number of carbonyl (C=O) groups excluding carboxylic acids is 2. The van der Waals surface area contributed by atoms with Gasteiger partial charge in [-0.05, 0) is 36.6 Å². The van der Waals surface area contributed by atoms with E-state index < -0.39 is 6.04 Å². The number of hydrogen-bond donors (Lipinski definition) is 2. The van der Waals surface area contributed by atoms with E-state index in [9.17, 15) is 9.59 Å². The largest absolute Gasteiger partial charge is 0.354 e. The molecule has 0 fully saturated rings. The molecule has 2 rings (SSSR count). The van der Waals surface area contributed by atoms with Crippen molar-refractivity contribution in [3.8, 4) is 0 Å². The summed E-state index contributed by atoms with van der Waals surface area (Å²) < 4.78 is 0. The first kappa shape index (κ1) is 20.3. The van der Waals surface area contributed by atoms with Crippen molar-refractivity contribution in [2.75, 3.05) is 6.54 Å².